The van der Waals surface area contributed by atoms with Gasteiger partial charge in [0.15, 0.2) is 0 Å². The van der Waals surface area contributed by atoms with E-state index in [1.807, 2.05) is 0 Å². The molecule has 1 atom stereocenters. The summed E-state index contributed by atoms with van der Waals surface area (Å²) in [6.07, 6.45) is 4.22. The summed E-state index contributed by atoms with van der Waals surface area (Å²) in [7, 11) is 0. The van der Waals surface area contributed by atoms with Crippen LogP contribution < -0.4 is 5.32 Å². The Morgan fingerprint density at radius 3 is 3.27 bits per heavy atom. The molecule has 1 amide bonds. The number of nitrogens with zero attached hydrogens (tertiary/aromatic N) is 1. The Balaban J connectivity index is 2.14. The summed E-state index contributed by atoms with van der Waals surface area (Å²) in [4.78, 5) is 15.2. The maximum absolute atomic E-state index is 13.5. The lowest BCUT2D eigenvalue weighted by atomic mass is 9.83. The van der Waals surface area contributed by atoms with Crippen LogP contribution in [0.4, 0.5) is 4.39 Å². The smallest absolute Gasteiger partial charge is 0.244 e. The van der Waals surface area contributed by atoms with Gasteiger partial charge in [-0.05, 0) is 24.8 Å². The molecule has 0 aromatic rings. The van der Waals surface area contributed by atoms with E-state index in [1.54, 1.807) is 0 Å². The van der Waals surface area contributed by atoms with Crippen molar-refractivity contribution in [2.75, 3.05) is 6.54 Å². The second-order valence-corrected chi connectivity index (χ2v) is 4.16. The topological polar surface area (TPSA) is 41.5 Å². The Morgan fingerprint density at radius 1 is 1.53 bits per heavy atom. The van der Waals surface area contributed by atoms with E-state index in [1.165, 1.54) is 6.08 Å². The first-order chi connectivity index (χ1) is 7.25. The van der Waals surface area contributed by atoms with Crippen molar-refractivity contribution in [1.82, 2.24) is 5.32 Å². The van der Waals surface area contributed by atoms with Crippen LogP contribution in [-0.4, -0.2) is 18.4 Å². The van der Waals surface area contributed by atoms with Gasteiger partial charge >= 0.3 is 0 Å². The minimum absolute atomic E-state index is 0.210. The van der Waals surface area contributed by atoms with Gasteiger partial charge in [0.1, 0.15) is 0 Å². The molecule has 3 rings (SSSR count). The Hall–Kier alpha value is -1.45. The van der Waals surface area contributed by atoms with Crippen molar-refractivity contribution in [2.45, 2.75) is 19.3 Å². The van der Waals surface area contributed by atoms with E-state index < -0.39 is 5.97 Å². The van der Waals surface area contributed by atoms with Gasteiger partial charge < -0.3 is 5.32 Å². The number of aliphatic imine (C=N–C) groups is 1. The minimum Gasteiger partial charge on any atom is -0.352 e. The predicted octanol–water partition coefficient (Wildman–Crippen LogP) is 1.48. The molecule has 1 unspecified atom stereocenters. The van der Waals surface area contributed by atoms with Crippen molar-refractivity contribution >= 4 is 11.9 Å². The standard InChI is InChI=1S/C11H11FN2O/c12-11-7-4-9(15)13-5-6-2-1-3-8(14-11)10(6)7/h4,6H,1-3,5H2,(H,13,15). The van der Waals surface area contributed by atoms with E-state index in [9.17, 15) is 9.18 Å². The fourth-order valence-corrected chi connectivity index (χ4v) is 2.56. The van der Waals surface area contributed by atoms with E-state index in [0.717, 1.165) is 30.5 Å². The summed E-state index contributed by atoms with van der Waals surface area (Å²) in [6.45, 7) is 0.612. The summed E-state index contributed by atoms with van der Waals surface area (Å²) in [5.74, 6) is -0.439. The van der Waals surface area contributed by atoms with Crippen molar-refractivity contribution in [3.8, 4) is 0 Å². The minimum atomic E-state index is -0.482. The molecule has 1 aliphatic carbocycles. The molecule has 2 heterocycles. The molecule has 0 fully saturated rings. The molecular weight excluding hydrogens is 195 g/mol. The van der Waals surface area contributed by atoms with Gasteiger partial charge in [-0.2, -0.15) is 4.39 Å². The largest absolute Gasteiger partial charge is 0.352 e. The molecule has 0 radical (unpaired) electrons. The number of nitrogens with one attached hydrogen (secondary N) is 1. The van der Waals surface area contributed by atoms with Crippen LogP contribution in [0.1, 0.15) is 19.3 Å². The highest BCUT2D eigenvalue weighted by Crippen LogP contribution is 2.40. The summed E-state index contributed by atoms with van der Waals surface area (Å²) in [6, 6.07) is 0. The highest BCUT2D eigenvalue weighted by atomic mass is 19.1. The summed E-state index contributed by atoms with van der Waals surface area (Å²) >= 11 is 0. The molecule has 3 nitrogen and oxygen atoms in total. The fraction of sp³-hybridized carbons (Fsp3) is 0.455. The summed E-state index contributed by atoms with van der Waals surface area (Å²) in [5.41, 5.74) is 2.24. The lowest BCUT2D eigenvalue weighted by molar-refractivity contribution is -0.116. The van der Waals surface area contributed by atoms with Crippen LogP contribution in [0.2, 0.25) is 0 Å². The Bertz CT molecular complexity index is 434. The summed E-state index contributed by atoms with van der Waals surface area (Å²) in [5, 5.41) is 2.78. The Morgan fingerprint density at radius 2 is 2.40 bits per heavy atom. The Kier molecular flexibility index (Phi) is 1.78. The first kappa shape index (κ1) is 8.83. The van der Waals surface area contributed by atoms with Crippen LogP contribution in [0, 0.1) is 5.92 Å². The average Bonchev–Trinajstić information content (AvgIpc) is 2.44. The molecule has 4 heteroatoms. The van der Waals surface area contributed by atoms with Crippen LogP contribution in [0.25, 0.3) is 0 Å². The van der Waals surface area contributed by atoms with Crippen LogP contribution in [-0.2, 0) is 4.79 Å². The number of rotatable bonds is 0. The van der Waals surface area contributed by atoms with Gasteiger partial charge in [0.2, 0.25) is 11.9 Å². The second kappa shape index (κ2) is 3.02. The maximum Gasteiger partial charge on any atom is 0.244 e. The molecule has 3 aliphatic rings. The first-order valence-electron chi connectivity index (χ1n) is 5.23. The molecule has 2 aliphatic heterocycles. The zero-order valence-electron chi connectivity index (χ0n) is 8.22. The zero-order chi connectivity index (χ0) is 10.4. The molecule has 0 aromatic carbocycles. The van der Waals surface area contributed by atoms with E-state index in [2.05, 4.69) is 10.3 Å². The molecule has 15 heavy (non-hydrogen) atoms. The summed E-state index contributed by atoms with van der Waals surface area (Å²) < 4.78 is 13.5. The van der Waals surface area contributed by atoms with Crippen molar-refractivity contribution < 1.29 is 9.18 Å². The van der Waals surface area contributed by atoms with Crippen LogP contribution in [0.5, 0.6) is 0 Å². The van der Waals surface area contributed by atoms with Gasteiger partial charge in [-0.1, -0.05) is 0 Å². The third-order valence-corrected chi connectivity index (χ3v) is 3.23. The molecule has 0 spiro atoms. The normalized spacial score (nSPS) is 29.1. The number of halogens is 1. The van der Waals surface area contributed by atoms with Crippen molar-refractivity contribution in [3.63, 3.8) is 0 Å². The maximum atomic E-state index is 13.5. The highest BCUT2D eigenvalue weighted by molar-refractivity contribution is 6.07. The third-order valence-electron chi connectivity index (χ3n) is 3.23. The number of hydrogen-bond donors (Lipinski definition) is 1. The Labute approximate surface area is 86.8 Å². The monoisotopic (exact) mass is 206 g/mol. The number of allylic oxidation sites excluding steroid dienone is 2. The third kappa shape index (κ3) is 1.24. The molecule has 1 N–H and O–H groups in total. The lowest BCUT2D eigenvalue weighted by Gasteiger charge is -2.22. The van der Waals surface area contributed by atoms with Crippen molar-refractivity contribution in [3.05, 3.63) is 22.9 Å². The molecule has 0 aromatic heterocycles. The van der Waals surface area contributed by atoms with Gasteiger partial charge in [0, 0.05) is 29.8 Å². The van der Waals surface area contributed by atoms with Gasteiger partial charge in [0.25, 0.3) is 0 Å². The SMILES string of the molecule is O=C1C=C2C(F)=NC3=C2C(CCC3)CN1. The van der Waals surface area contributed by atoms with E-state index in [0.29, 0.717) is 12.1 Å². The van der Waals surface area contributed by atoms with E-state index in [-0.39, 0.29) is 11.8 Å². The van der Waals surface area contributed by atoms with E-state index in [4.69, 9.17) is 0 Å². The van der Waals surface area contributed by atoms with Crippen LogP contribution in [0.15, 0.2) is 27.9 Å². The van der Waals surface area contributed by atoms with Crippen LogP contribution >= 0.6 is 0 Å². The van der Waals surface area contributed by atoms with Crippen LogP contribution in [0.3, 0.4) is 0 Å². The van der Waals surface area contributed by atoms with Gasteiger partial charge in [-0.25, -0.2) is 4.99 Å². The molecule has 0 saturated carbocycles. The zero-order valence-corrected chi connectivity index (χ0v) is 8.22. The molecule has 0 saturated heterocycles. The molecule has 0 bridgehead atoms. The van der Waals surface area contributed by atoms with E-state index >= 15 is 0 Å². The predicted molar refractivity (Wildman–Crippen MR) is 54.0 cm³/mol. The lowest BCUT2D eigenvalue weighted by Crippen LogP contribution is -2.27. The number of hydrogen-bond acceptors (Lipinski definition) is 2. The fourth-order valence-electron chi connectivity index (χ4n) is 2.56. The van der Waals surface area contributed by atoms with Gasteiger partial charge in [-0.15, -0.1) is 0 Å². The second-order valence-electron chi connectivity index (χ2n) is 4.16. The first-order valence-corrected chi connectivity index (χ1v) is 5.23. The van der Waals surface area contributed by atoms with Crippen molar-refractivity contribution in [1.29, 1.82) is 0 Å². The van der Waals surface area contributed by atoms with Gasteiger partial charge in [0.05, 0.1) is 0 Å². The molecule has 78 valence electrons. The average molecular weight is 206 g/mol. The molecular formula is C11H11FN2O. The van der Waals surface area contributed by atoms with Gasteiger partial charge in [-0.3, -0.25) is 4.79 Å². The number of amides is 1. The number of carbonyl (C=O) groups is 1. The number of carbonyl (C=O) groups excluding carboxylic acids is 1. The quantitative estimate of drug-likeness (QED) is 0.640. The van der Waals surface area contributed by atoms with Crippen molar-refractivity contribution in [2.24, 2.45) is 10.9 Å². The highest BCUT2D eigenvalue weighted by Gasteiger charge is 2.34.